The lowest BCUT2D eigenvalue weighted by Gasteiger charge is -2.14. The fraction of sp³-hybridized carbons (Fsp3) is 0.217. The third-order valence-electron chi connectivity index (χ3n) is 5.23. The van der Waals surface area contributed by atoms with Crippen LogP contribution in [0.2, 0.25) is 0 Å². The number of nitriles is 1. The number of rotatable bonds is 4. The number of likely N-dealkylation sites (tertiary alicyclic amines) is 1. The number of aryl methyl sites for hydroxylation is 1. The van der Waals surface area contributed by atoms with E-state index < -0.39 is 12.2 Å². The smallest absolute Gasteiger partial charge is 0.404 e. The first-order chi connectivity index (χ1) is 14.9. The number of carbonyl (C=O) groups is 2. The molecule has 2 amide bonds. The molecule has 1 atom stereocenters. The molecule has 1 saturated heterocycles. The van der Waals surface area contributed by atoms with Crippen molar-refractivity contribution in [1.82, 2.24) is 14.7 Å². The van der Waals surface area contributed by atoms with Crippen LogP contribution in [0.1, 0.15) is 28.0 Å². The van der Waals surface area contributed by atoms with E-state index in [1.54, 1.807) is 27.8 Å². The molecule has 2 N–H and O–H groups in total. The SMILES string of the molecule is Cc1ccc(-n2nc(C(=O)N3CCC(OC(N)=O)C3)cc2-c2ccc(C#N)cc2)cc1. The van der Waals surface area contributed by atoms with Gasteiger partial charge in [-0.25, -0.2) is 9.48 Å². The maximum atomic E-state index is 13.1. The maximum Gasteiger partial charge on any atom is 0.404 e. The largest absolute Gasteiger partial charge is 0.444 e. The summed E-state index contributed by atoms with van der Waals surface area (Å²) in [5.41, 5.74) is 9.44. The van der Waals surface area contributed by atoms with Crippen LogP contribution in [-0.4, -0.2) is 45.9 Å². The number of nitrogens with zero attached hydrogens (tertiary/aromatic N) is 4. The topological polar surface area (TPSA) is 114 Å². The first-order valence-electron chi connectivity index (χ1n) is 9.87. The van der Waals surface area contributed by atoms with Gasteiger partial charge in [0.2, 0.25) is 0 Å². The van der Waals surface area contributed by atoms with Crippen molar-refractivity contribution in [3.8, 4) is 23.0 Å². The van der Waals surface area contributed by atoms with Gasteiger partial charge in [0.15, 0.2) is 5.69 Å². The van der Waals surface area contributed by atoms with E-state index in [4.69, 9.17) is 15.7 Å². The van der Waals surface area contributed by atoms with Gasteiger partial charge in [-0.1, -0.05) is 29.8 Å². The molecule has 1 aliphatic heterocycles. The van der Waals surface area contributed by atoms with Crippen molar-refractivity contribution in [3.05, 3.63) is 71.4 Å². The Kier molecular flexibility index (Phi) is 5.41. The Morgan fingerprint density at radius 1 is 1.16 bits per heavy atom. The van der Waals surface area contributed by atoms with Crippen LogP contribution in [0, 0.1) is 18.3 Å². The zero-order chi connectivity index (χ0) is 22.0. The molecule has 8 heteroatoms. The number of nitrogens with two attached hydrogens (primary N) is 1. The molecule has 0 spiro atoms. The van der Waals surface area contributed by atoms with Crippen molar-refractivity contribution >= 4 is 12.0 Å². The summed E-state index contributed by atoms with van der Waals surface area (Å²) in [4.78, 5) is 25.7. The summed E-state index contributed by atoms with van der Waals surface area (Å²) in [5, 5.41) is 13.7. The van der Waals surface area contributed by atoms with Gasteiger partial charge in [-0.05, 0) is 37.3 Å². The van der Waals surface area contributed by atoms with Crippen molar-refractivity contribution in [3.63, 3.8) is 0 Å². The molecule has 1 aliphatic rings. The number of ether oxygens (including phenoxy) is 1. The van der Waals surface area contributed by atoms with Crippen LogP contribution >= 0.6 is 0 Å². The second-order valence-electron chi connectivity index (χ2n) is 7.45. The van der Waals surface area contributed by atoms with Crippen LogP contribution in [-0.2, 0) is 4.74 Å². The fourth-order valence-corrected chi connectivity index (χ4v) is 3.62. The lowest BCUT2D eigenvalue weighted by atomic mass is 10.1. The van der Waals surface area contributed by atoms with E-state index in [9.17, 15) is 9.59 Å². The summed E-state index contributed by atoms with van der Waals surface area (Å²) in [5.74, 6) is -0.240. The van der Waals surface area contributed by atoms with Gasteiger partial charge in [-0.2, -0.15) is 10.4 Å². The fourth-order valence-electron chi connectivity index (χ4n) is 3.62. The molecule has 0 saturated carbocycles. The molecule has 3 aromatic rings. The summed E-state index contributed by atoms with van der Waals surface area (Å²) in [7, 11) is 0. The molecule has 4 rings (SSSR count). The highest BCUT2D eigenvalue weighted by Crippen LogP contribution is 2.26. The van der Waals surface area contributed by atoms with Gasteiger partial charge in [0.1, 0.15) is 6.10 Å². The van der Waals surface area contributed by atoms with Crippen molar-refractivity contribution in [2.45, 2.75) is 19.4 Å². The van der Waals surface area contributed by atoms with Crippen LogP contribution < -0.4 is 5.73 Å². The van der Waals surface area contributed by atoms with E-state index in [2.05, 4.69) is 11.2 Å². The van der Waals surface area contributed by atoms with Crippen molar-refractivity contribution in [2.75, 3.05) is 13.1 Å². The highest BCUT2D eigenvalue weighted by Gasteiger charge is 2.31. The van der Waals surface area contributed by atoms with E-state index in [-0.39, 0.29) is 12.5 Å². The lowest BCUT2D eigenvalue weighted by Crippen LogP contribution is -2.31. The summed E-state index contributed by atoms with van der Waals surface area (Å²) in [6.07, 6.45) is -0.708. The van der Waals surface area contributed by atoms with Gasteiger partial charge in [-0.3, -0.25) is 4.79 Å². The molecule has 156 valence electrons. The minimum Gasteiger partial charge on any atom is -0.444 e. The highest BCUT2D eigenvalue weighted by atomic mass is 16.6. The van der Waals surface area contributed by atoms with Crippen LogP contribution in [0.25, 0.3) is 16.9 Å². The Hall–Kier alpha value is -4.12. The van der Waals surface area contributed by atoms with Gasteiger partial charge in [-0.15, -0.1) is 0 Å². The average Bonchev–Trinajstić information content (AvgIpc) is 3.41. The Labute approximate surface area is 179 Å². The van der Waals surface area contributed by atoms with Crippen LogP contribution in [0.15, 0.2) is 54.6 Å². The number of carbonyl (C=O) groups excluding carboxylic acids is 2. The standard InChI is InChI=1S/C23H21N5O3/c1-15-2-8-18(9-3-15)28-21(17-6-4-16(13-24)5-7-17)12-20(26-28)22(29)27-11-10-19(14-27)31-23(25)30/h2-9,12,19H,10-11,14H2,1H3,(H2,25,30). The van der Waals surface area contributed by atoms with Gasteiger partial charge < -0.3 is 15.4 Å². The van der Waals surface area contributed by atoms with E-state index in [0.29, 0.717) is 24.2 Å². The predicted molar refractivity (Wildman–Crippen MR) is 113 cm³/mol. The molecule has 2 heterocycles. The third kappa shape index (κ3) is 4.26. The van der Waals surface area contributed by atoms with Crippen molar-refractivity contribution in [1.29, 1.82) is 5.26 Å². The highest BCUT2D eigenvalue weighted by molar-refractivity contribution is 5.94. The number of aromatic nitrogens is 2. The molecular weight excluding hydrogens is 394 g/mol. The average molecular weight is 415 g/mol. The van der Waals surface area contributed by atoms with E-state index in [1.807, 2.05) is 43.3 Å². The Morgan fingerprint density at radius 2 is 1.87 bits per heavy atom. The molecule has 0 aliphatic carbocycles. The Balaban J connectivity index is 1.69. The number of benzene rings is 2. The first-order valence-corrected chi connectivity index (χ1v) is 9.87. The van der Waals surface area contributed by atoms with Crippen molar-refractivity contribution < 1.29 is 14.3 Å². The molecule has 1 unspecified atom stereocenters. The zero-order valence-corrected chi connectivity index (χ0v) is 17.0. The summed E-state index contributed by atoms with van der Waals surface area (Å²) >= 11 is 0. The maximum absolute atomic E-state index is 13.1. The van der Waals surface area contributed by atoms with Gasteiger partial charge >= 0.3 is 6.09 Å². The lowest BCUT2D eigenvalue weighted by molar-refractivity contribution is 0.0733. The van der Waals surface area contributed by atoms with Crippen LogP contribution in [0.4, 0.5) is 4.79 Å². The monoisotopic (exact) mass is 415 g/mol. The summed E-state index contributed by atoms with van der Waals surface area (Å²) in [6.45, 7) is 2.74. The van der Waals surface area contributed by atoms with E-state index >= 15 is 0 Å². The molecule has 1 fully saturated rings. The Morgan fingerprint density at radius 3 is 2.52 bits per heavy atom. The molecule has 31 heavy (non-hydrogen) atoms. The van der Waals surface area contributed by atoms with E-state index in [1.165, 1.54) is 0 Å². The molecule has 1 aromatic heterocycles. The molecule has 0 bridgehead atoms. The quantitative estimate of drug-likeness (QED) is 0.703. The summed E-state index contributed by atoms with van der Waals surface area (Å²) in [6, 6.07) is 18.8. The summed E-state index contributed by atoms with van der Waals surface area (Å²) < 4.78 is 6.74. The van der Waals surface area contributed by atoms with Gasteiger partial charge in [0.05, 0.1) is 29.6 Å². The number of primary amides is 1. The second-order valence-corrected chi connectivity index (χ2v) is 7.45. The number of hydrogen-bond acceptors (Lipinski definition) is 5. The van der Waals surface area contributed by atoms with Crippen LogP contribution in [0.3, 0.4) is 0 Å². The molecule has 0 radical (unpaired) electrons. The van der Waals surface area contributed by atoms with Gasteiger partial charge in [0.25, 0.3) is 5.91 Å². The third-order valence-corrected chi connectivity index (χ3v) is 5.23. The molecule has 2 aromatic carbocycles. The van der Waals surface area contributed by atoms with Gasteiger partial charge in [0, 0.05) is 18.5 Å². The number of hydrogen-bond donors (Lipinski definition) is 1. The first kappa shape index (κ1) is 20.2. The van der Waals surface area contributed by atoms with Crippen molar-refractivity contribution in [2.24, 2.45) is 5.73 Å². The second kappa shape index (κ2) is 8.32. The predicted octanol–water partition coefficient (Wildman–Crippen LogP) is 3.03. The van der Waals surface area contributed by atoms with Crippen LogP contribution in [0.5, 0.6) is 0 Å². The molecular formula is C23H21N5O3. The molecule has 8 nitrogen and oxygen atoms in total. The minimum atomic E-state index is -0.842. The van der Waals surface area contributed by atoms with E-state index in [0.717, 1.165) is 22.5 Å². The number of amides is 2. The zero-order valence-electron chi connectivity index (χ0n) is 17.0. The Bertz CT molecular complexity index is 1160. The minimum absolute atomic E-state index is 0.240. The normalized spacial score (nSPS) is 15.5.